The molecule has 0 saturated heterocycles. The first kappa shape index (κ1) is 11.7. The van der Waals surface area contributed by atoms with E-state index in [1.165, 1.54) is 29.7 Å². The predicted molar refractivity (Wildman–Crippen MR) is 72.9 cm³/mol. The molecule has 0 amide bonds. The van der Waals surface area contributed by atoms with Crippen LogP contribution in [-0.4, -0.2) is 21.5 Å². The van der Waals surface area contributed by atoms with Crippen molar-refractivity contribution in [2.75, 3.05) is 11.9 Å². The van der Waals surface area contributed by atoms with Crippen LogP contribution in [0.25, 0.3) is 0 Å². The molecule has 0 bridgehead atoms. The molecule has 0 fully saturated rings. The molecule has 0 aromatic carbocycles. The van der Waals surface area contributed by atoms with Crippen LogP contribution in [0.5, 0.6) is 0 Å². The number of rotatable bonds is 4. The van der Waals surface area contributed by atoms with Gasteiger partial charge >= 0.3 is 0 Å². The molecule has 1 aliphatic carbocycles. The lowest BCUT2D eigenvalue weighted by Crippen LogP contribution is -2.15. The second-order valence-electron chi connectivity index (χ2n) is 4.60. The third kappa shape index (κ3) is 2.28. The maximum absolute atomic E-state index is 8.87. The first-order chi connectivity index (χ1) is 8.86. The highest BCUT2D eigenvalue weighted by molar-refractivity contribution is 7.10. The Hall–Kier alpha value is -1.33. The van der Waals surface area contributed by atoms with Crippen LogP contribution in [0.4, 0.5) is 5.69 Å². The van der Waals surface area contributed by atoms with Gasteiger partial charge in [0.2, 0.25) is 0 Å². The summed E-state index contributed by atoms with van der Waals surface area (Å²) in [5.41, 5.74) is 2.48. The molecule has 0 radical (unpaired) electrons. The molecule has 18 heavy (non-hydrogen) atoms. The predicted octanol–water partition coefficient (Wildman–Crippen LogP) is 2.43. The number of aliphatic hydroxyl groups excluding tert-OH is 1. The van der Waals surface area contributed by atoms with E-state index in [-0.39, 0.29) is 6.61 Å². The number of hydrogen-bond acceptors (Lipinski definition) is 4. The van der Waals surface area contributed by atoms with Crippen molar-refractivity contribution in [1.82, 2.24) is 9.78 Å². The van der Waals surface area contributed by atoms with Gasteiger partial charge in [-0.3, -0.25) is 4.68 Å². The summed E-state index contributed by atoms with van der Waals surface area (Å²) in [7, 11) is 0. The van der Waals surface area contributed by atoms with Crippen molar-refractivity contribution in [3.8, 4) is 0 Å². The van der Waals surface area contributed by atoms with Gasteiger partial charge in [0, 0.05) is 11.1 Å². The van der Waals surface area contributed by atoms with Crippen LogP contribution in [0.1, 0.15) is 29.3 Å². The average Bonchev–Trinajstić information content (AvgIpc) is 2.99. The molecule has 0 aliphatic heterocycles. The van der Waals surface area contributed by atoms with E-state index in [0.717, 1.165) is 5.69 Å². The van der Waals surface area contributed by atoms with Crippen LogP contribution in [0.3, 0.4) is 0 Å². The van der Waals surface area contributed by atoms with Crippen LogP contribution in [0.15, 0.2) is 23.8 Å². The summed E-state index contributed by atoms with van der Waals surface area (Å²) in [6.07, 6.45) is 7.42. The zero-order chi connectivity index (χ0) is 12.4. The van der Waals surface area contributed by atoms with Gasteiger partial charge in [-0.2, -0.15) is 5.10 Å². The summed E-state index contributed by atoms with van der Waals surface area (Å²) in [5, 5.41) is 18.8. The molecule has 2 N–H and O–H groups in total. The van der Waals surface area contributed by atoms with Crippen LogP contribution in [-0.2, 0) is 13.0 Å². The molecule has 3 rings (SSSR count). The second kappa shape index (κ2) is 5.12. The Morgan fingerprint density at radius 1 is 1.56 bits per heavy atom. The molecule has 2 aromatic rings. The molecule has 0 spiro atoms. The number of aliphatic hydroxyl groups is 1. The first-order valence-electron chi connectivity index (χ1n) is 6.33. The lowest BCUT2D eigenvalue weighted by atomic mass is 9.94. The molecule has 4 nitrogen and oxygen atoms in total. The summed E-state index contributed by atoms with van der Waals surface area (Å²) >= 11 is 1.86. The van der Waals surface area contributed by atoms with Gasteiger partial charge in [-0.05, 0) is 36.3 Å². The molecule has 1 aliphatic rings. The highest BCUT2D eigenvalue weighted by Crippen LogP contribution is 2.35. The zero-order valence-corrected chi connectivity index (χ0v) is 11.0. The van der Waals surface area contributed by atoms with E-state index in [2.05, 4.69) is 21.9 Å². The van der Waals surface area contributed by atoms with Crippen molar-refractivity contribution in [2.45, 2.75) is 31.8 Å². The third-order valence-corrected chi connectivity index (χ3v) is 4.35. The van der Waals surface area contributed by atoms with Crippen LogP contribution < -0.4 is 5.32 Å². The van der Waals surface area contributed by atoms with Gasteiger partial charge in [0.05, 0.1) is 31.1 Å². The summed E-state index contributed by atoms with van der Waals surface area (Å²) in [5.74, 6) is 0. The first-order valence-corrected chi connectivity index (χ1v) is 7.21. The Balaban J connectivity index is 1.73. The van der Waals surface area contributed by atoms with Gasteiger partial charge in [0.1, 0.15) is 0 Å². The fourth-order valence-electron chi connectivity index (χ4n) is 2.50. The fraction of sp³-hybridized carbons (Fsp3) is 0.462. The zero-order valence-electron chi connectivity index (χ0n) is 10.2. The Morgan fingerprint density at radius 2 is 2.50 bits per heavy atom. The van der Waals surface area contributed by atoms with Gasteiger partial charge in [-0.1, -0.05) is 0 Å². The molecular weight excluding hydrogens is 246 g/mol. The van der Waals surface area contributed by atoms with E-state index in [1.54, 1.807) is 4.68 Å². The Labute approximate surface area is 110 Å². The van der Waals surface area contributed by atoms with E-state index < -0.39 is 0 Å². The maximum Gasteiger partial charge on any atom is 0.0731 e. The quantitative estimate of drug-likeness (QED) is 0.890. The van der Waals surface area contributed by atoms with E-state index in [1.807, 2.05) is 23.7 Å². The minimum absolute atomic E-state index is 0.124. The number of anilines is 1. The van der Waals surface area contributed by atoms with Gasteiger partial charge in [0.15, 0.2) is 0 Å². The summed E-state index contributed by atoms with van der Waals surface area (Å²) in [4.78, 5) is 1.52. The minimum atomic E-state index is 0.124. The van der Waals surface area contributed by atoms with Gasteiger partial charge < -0.3 is 10.4 Å². The fourth-order valence-corrected chi connectivity index (χ4v) is 3.49. The van der Waals surface area contributed by atoms with E-state index in [0.29, 0.717) is 12.6 Å². The minimum Gasteiger partial charge on any atom is -0.394 e. The van der Waals surface area contributed by atoms with Crippen molar-refractivity contribution in [3.05, 3.63) is 34.3 Å². The van der Waals surface area contributed by atoms with Crippen LogP contribution >= 0.6 is 11.3 Å². The van der Waals surface area contributed by atoms with Crippen molar-refractivity contribution in [1.29, 1.82) is 0 Å². The monoisotopic (exact) mass is 263 g/mol. The summed E-state index contributed by atoms with van der Waals surface area (Å²) in [6, 6.07) is 2.64. The second-order valence-corrected chi connectivity index (χ2v) is 5.60. The number of thiophene rings is 1. The van der Waals surface area contributed by atoms with Gasteiger partial charge in [0.25, 0.3) is 0 Å². The normalized spacial score (nSPS) is 18.6. The Bertz CT molecular complexity index is 520. The number of nitrogens with one attached hydrogen (secondary N) is 1. The summed E-state index contributed by atoms with van der Waals surface area (Å²) in [6.45, 7) is 0.676. The number of aryl methyl sites for hydroxylation is 1. The lowest BCUT2D eigenvalue weighted by Gasteiger charge is -2.23. The smallest absolute Gasteiger partial charge is 0.0731 e. The summed E-state index contributed by atoms with van der Waals surface area (Å²) < 4.78 is 1.76. The maximum atomic E-state index is 8.87. The van der Waals surface area contributed by atoms with Gasteiger partial charge in [-0.15, -0.1) is 11.3 Å². The van der Waals surface area contributed by atoms with E-state index in [4.69, 9.17) is 5.11 Å². The largest absolute Gasteiger partial charge is 0.394 e. The highest BCUT2D eigenvalue weighted by atomic mass is 32.1. The molecule has 0 saturated carbocycles. The Morgan fingerprint density at radius 3 is 3.39 bits per heavy atom. The van der Waals surface area contributed by atoms with E-state index in [9.17, 15) is 0 Å². The lowest BCUT2D eigenvalue weighted by molar-refractivity contribution is 0.269. The SMILES string of the molecule is OCCn1cc(NC2CCCc3sccc32)cn1. The van der Waals surface area contributed by atoms with Crippen LogP contribution in [0, 0.1) is 0 Å². The highest BCUT2D eigenvalue weighted by Gasteiger charge is 2.21. The number of aromatic nitrogens is 2. The van der Waals surface area contributed by atoms with E-state index >= 15 is 0 Å². The van der Waals surface area contributed by atoms with Crippen molar-refractivity contribution < 1.29 is 5.11 Å². The van der Waals surface area contributed by atoms with Crippen molar-refractivity contribution in [2.24, 2.45) is 0 Å². The molecule has 1 atom stereocenters. The Kier molecular flexibility index (Phi) is 3.34. The number of fused-ring (bicyclic) bond motifs is 1. The molecule has 2 heterocycles. The molecule has 5 heteroatoms. The molecule has 2 aromatic heterocycles. The molecule has 96 valence electrons. The third-order valence-electron chi connectivity index (χ3n) is 3.36. The topological polar surface area (TPSA) is 50.1 Å². The molecular formula is C13H17N3OS. The van der Waals surface area contributed by atoms with Gasteiger partial charge in [-0.25, -0.2) is 0 Å². The van der Waals surface area contributed by atoms with Crippen molar-refractivity contribution >= 4 is 17.0 Å². The van der Waals surface area contributed by atoms with Crippen molar-refractivity contribution in [3.63, 3.8) is 0 Å². The number of nitrogens with zero attached hydrogens (tertiary/aromatic N) is 2. The average molecular weight is 263 g/mol. The standard InChI is InChI=1S/C13H17N3OS/c17-6-5-16-9-10(8-14-16)15-12-2-1-3-13-11(12)4-7-18-13/h4,7-9,12,15,17H,1-3,5-6H2. The van der Waals surface area contributed by atoms with Crippen LogP contribution in [0.2, 0.25) is 0 Å². The molecule has 1 unspecified atom stereocenters. The number of hydrogen-bond donors (Lipinski definition) is 2.